The van der Waals surface area contributed by atoms with Crippen molar-refractivity contribution in [3.63, 3.8) is 0 Å². The largest absolute Gasteiger partial charge is 0.351 e. The Morgan fingerprint density at radius 3 is 2.12 bits per heavy atom. The lowest BCUT2D eigenvalue weighted by Crippen LogP contribution is -2.45. The summed E-state index contributed by atoms with van der Waals surface area (Å²) >= 11 is 0. The summed E-state index contributed by atoms with van der Waals surface area (Å²) in [5, 5.41) is 3.00. The maximum atomic E-state index is 14.1. The van der Waals surface area contributed by atoms with Gasteiger partial charge in [0.05, 0.1) is 0 Å². The van der Waals surface area contributed by atoms with Gasteiger partial charge >= 0.3 is 0 Å². The molecule has 1 heterocycles. The fraction of sp³-hybridized carbons (Fsp3) is 0.273. The van der Waals surface area contributed by atoms with Crippen LogP contribution in [0.25, 0.3) is 11.3 Å². The number of carbonyl (C=O) groups is 2. The Morgan fingerprint density at radius 2 is 1.48 bits per heavy atom. The molecule has 0 aliphatic carbocycles. The van der Waals surface area contributed by atoms with Gasteiger partial charge in [0.1, 0.15) is 17.6 Å². The molecule has 1 unspecified atom stereocenters. The molecule has 4 rings (SSSR count). The van der Waals surface area contributed by atoms with Gasteiger partial charge in [-0.3, -0.25) is 9.59 Å². The minimum absolute atomic E-state index is 0.286. The molecule has 0 saturated carbocycles. The van der Waals surface area contributed by atoms with Crippen LogP contribution in [0.3, 0.4) is 0 Å². The number of benzene rings is 3. The van der Waals surface area contributed by atoms with E-state index in [2.05, 4.69) is 29.0 Å². The standard InChI is InChI=1S/C33H37FN4O2/c1-3-37(4-2)22-11-23-38(33(40)30-21-20-29(36-30)26-14-9-6-10-15-26)31(27-16-18-28(34)19-17-27)32(39)35-24-25-12-7-5-8-13-25/h5-10,12-21,31,36H,3-4,11,22-24H2,1-2H3,(H,35,39). The number of rotatable bonds is 13. The highest BCUT2D eigenvalue weighted by Gasteiger charge is 2.32. The summed E-state index contributed by atoms with van der Waals surface area (Å²) in [6, 6.07) is 27.9. The van der Waals surface area contributed by atoms with Crippen LogP contribution >= 0.6 is 0 Å². The van der Waals surface area contributed by atoms with Crippen LogP contribution in [0, 0.1) is 5.82 Å². The molecule has 2 N–H and O–H groups in total. The molecule has 7 heteroatoms. The molecule has 0 aliphatic heterocycles. The number of hydrogen-bond acceptors (Lipinski definition) is 3. The van der Waals surface area contributed by atoms with Crippen molar-refractivity contribution in [3.05, 3.63) is 120 Å². The number of aromatic nitrogens is 1. The van der Waals surface area contributed by atoms with Crippen LogP contribution in [0.2, 0.25) is 0 Å². The Bertz CT molecular complexity index is 1350. The maximum absolute atomic E-state index is 14.1. The third-order valence-corrected chi connectivity index (χ3v) is 7.09. The van der Waals surface area contributed by atoms with E-state index in [-0.39, 0.29) is 11.8 Å². The first-order chi connectivity index (χ1) is 19.5. The Labute approximate surface area is 235 Å². The molecule has 4 aromatic rings. The SMILES string of the molecule is CCN(CC)CCCN(C(=O)c1ccc(-c2ccccc2)[nH]1)C(C(=O)NCc1ccccc1)c1ccc(F)cc1. The number of amides is 2. The third kappa shape index (κ3) is 7.45. The van der Waals surface area contributed by atoms with Gasteiger partial charge < -0.3 is 20.1 Å². The van der Waals surface area contributed by atoms with Crippen LogP contribution in [0.1, 0.15) is 47.9 Å². The summed E-state index contributed by atoms with van der Waals surface area (Å²) in [7, 11) is 0. The molecule has 40 heavy (non-hydrogen) atoms. The summed E-state index contributed by atoms with van der Waals surface area (Å²) in [5.41, 5.74) is 3.68. The quantitative estimate of drug-likeness (QED) is 0.217. The lowest BCUT2D eigenvalue weighted by atomic mass is 10.0. The van der Waals surface area contributed by atoms with Crippen molar-refractivity contribution in [3.8, 4) is 11.3 Å². The molecule has 1 aromatic heterocycles. The second kappa shape index (κ2) is 14.2. The van der Waals surface area contributed by atoms with Gasteiger partial charge in [0, 0.05) is 18.8 Å². The van der Waals surface area contributed by atoms with Gasteiger partial charge in [-0.2, -0.15) is 0 Å². The number of hydrogen-bond donors (Lipinski definition) is 2. The fourth-order valence-corrected chi connectivity index (χ4v) is 4.81. The summed E-state index contributed by atoms with van der Waals surface area (Å²) in [6.45, 7) is 7.48. The van der Waals surface area contributed by atoms with Crippen molar-refractivity contribution in [1.29, 1.82) is 0 Å². The average Bonchev–Trinajstić information content (AvgIpc) is 3.50. The van der Waals surface area contributed by atoms with Gasteiger partial charge in [-0.25, -0.2) is 4.39 Å². The Balaban J connectivity index is 1.66. The molecule has 0 bridgehead atoms. The molecule has 0 radical (unpaired) electrons. The molecular weight excluding hydrogens is 503 g/mol. The van der Waals surface area contributed by atoms with E-state index >= 15 is 0 Å². The van der Waals surface area contributed by atoms with Crippen LogP contribution in [-0.4, -0.2) is 52.8 Å². The summed E-state index contributed by atoms with van der Waals surface area (Å²) < 4.78 is 13.9. The number of aromatic amines is 1. The second-order valence-electron chi connectivity index (χ2n) is 9.69. The van der Waals surface area contributed by atoms with Gasteiger partial charge in [0.2, 0.25) is 5.91 Å². The molecule has 2 amide bonds. The van der Waals surface area contributed by atoms with Crippen molar-refractivity contribution in [2.24, 2.45) is 0 Å². The van der Waals surface area contributed by atoms with Gasteiger partial charge in [-0.15, -0.1) is 0 Å². The monoisotopic (exact) mass is 540 g/mol. The van der Waals surface area contributed by atoms with E-state index < -0.39 is 11.9 Å². The Hall–Kier alpha value is -4.23. The highest BCUT2D eigenvalue weighted by atomic mass is 19.1. The van der Waals surface area contributed by atoms with Crippen LogP contribution < -0.4 is 5.32 Å². The van der Waals surface area contributed by atoms with Gasteiger partial charge in [-0.1, -0.05) is 86.6 Å². The van der Waals surface area contributed by atoms with Gasteiger partial charge in [0.15, 0.2) is 0 Å². The fourth-order valence-electron chi connectivity index (χ4n) is 4.81. The highest BCUT2D eigenvalue weighted by Crippen LogP contribution is 2.26. The first kappa shape index (κ1) is 28.8. The molecule has 1 atom stereocenters. The molecule has 0 aliphatic rings. The van der Waals surface area contributed by atoms with E-state index in [4.69, 9.17) is 0 Å². The predicted octanol–water partition coefficient (Wildman–Crippen LogP) is 6.05. The Morgan fingerprint density at radius 1 is 0.825 bits per heavy atom. The van der Waals surface area contributed by atoms with Crippen LogP contribution in [-0.2, 0) is 11.3 Å². The highest BCUT2D eigenvalue weighted by molar-refractivity contribution is 5.97. The number of halogens is 1. The molecule has 0 spiro atoms. The normalized spacial score (nSPS) is 11.8. The maximum Gasteiger partial charge on any atom is 0.271 e. The van der Waals surface area contributed by atoms with E-state index in [9.17, 15) is 14.0 Å². The zero-order valence-corrected chi connectivity index (χ0v) is 23.1. The van der Waals surface area contributed by atoms with Crippen LogP contribution in [0.5, 0.6) is 0 Å². The molecular formula is C33H37FN4O2. The van der Waals surface area contributed by atoms with E-state index in [1.807, 2.05) is 66.7 Å². The minimum atomic E-state index is -0.933. The van der Waals surface area contributed by atoms with E-state index in [1.54, 1.807) is 23.1 Å². The number of carbonyl (C=O) groups excluding carboxylic acids is 2. The number of nitrogens with zero attached hydrogens (tertiary/aromatic N) is 2. The van der Waals surface area contributed by atoms with Crippen molar-refractivity contribution in [2.75, 3.05) is 26.2 Å². The van der Waals surface area contributed by atoms with Crippen molar-refractivity contribution in [1.82, 2.24) is 20.1 Å². The van der Waals surface area contributed by atoms with Crippen molar-refractivity contribution in [2.45, 2.75) is 32.9 Å². The zero-order valence-electron chi connectivity index (χ0n) is 23.1. The average molecular weight is 541 g/mol. The predicted molar refractivity (Wildman–Crippen MR) is 157 cm³/mol. The summed E-state index contributed by atoms with van der Waals surface area (Å²) in [6.07, 6.45) is 0.684. The summed E-state index contributed by atoms with van der Waals surface area (Å²) in [5.74, 6) is -1.00. The molecule has 208 valence electrons. The Kier molecular flexibility index (Phi) is 10.2. The van der Waals surface area contributed by atoms with Crippen LogP contribution in [0.15, 0.2) is 97.1 Å². The molecule has 0 fully saturated rings. The van der Waals surface area contributed by atoms with Crippen molar-refractivity contribution >= 4 is 11.8 Å². The number of nitrogens with one attached hydrogen (secondary N) is 2. The molecule has 6 nitrogen and oxygen atoms in total. The summed E-state index contributed by atoms with van der Waals surface area (Å²) in [4.78, 5) is 35.0. The first-order valence-electron chi connectivity index (χ1n) is 13.8. The number of H-pyrrole nitrogens is 1. The lowest BCUT2D eigenvalue weighted by molar-refractivity contribution is -0.126. The van der Waals surface area contributed by atoms with Gasteiger partial charge in [0.25, 0.3) is 5.91 Å². The smallest absolute Gasteiger partial charge is 0.271 e. The van der Waals surface area contributed by atoms with Gasteiger partial charge in [-0.05, 0) is 67.0 Å². The van der Waals surface area contributed by atoms with E-state index in [1.165, 1.54) is 12.1 Å². The topological polar surface area (TPSA) is 68.4 Å². The van der Waals surface area contributed by atoms with Crippen LogP contribution in [0.4, 0.5) is 4.39 Å². The third-order valence-electron chi connectivity index (χ3n) is 7.09. The second-order valence-corrected chi connectivity index (χ2v) is 9.69. The molecule has 3 aromatic carbocycles. The van der Waals surface area contributed by atoms with Crippen molar-refractivity contribution < 1.29 is 14.0 Å². The van der Waals surface area contributed by atoms with E-state index in [0.29, 0.717) is 30.8 Å². The minimum Gasteiger partial charge on any atom is -0.351 e. The lowest BCUT2D eigenvalue weighted by Gasteiger charge is -2.32. The first-order valence-corrected chi connectivity index (χ1v) is 13.8. The zero-order chi connectivity index (χ0) is 28.3. The molecule has 0 saturated heterocycles. The van der Waals surface area contributed by atoms with E-state index in [0.717, 1.165) is 36.5 Å².